The van der Waals surface area contributed by atoms with Crippen molar-refractivity contribution >= 4 is 23.6 Å². The van der Waals surface area contributed by atoms with Gasteiger partial charge in [-0.25, -0.2) is 14.8 Å². The number of anilines is 2. The van der Waals surface area contributed by atoms with E-state index in [0.717, 1.165) is 5.56 Å². The zero-order chi connectivity index (χ0) is 22.2. The Morgan fingerprint density at radius 3 is 2.35 bits per heavy atom. The van der Waals surface area contributed by atoms with Gasteiger partial charge in [-0.1, -0.05) is 37.3 Å². The number of carbonyl (C=O) groups excluding carboxylic acids is 2. The molecule has 0 aliphatic rings. The number of para-hydroxylation sites is 1. The molecule has 160 valence electrons. The lowest BCUT2D eigenvalue weighted by Crippen LogP contribution is -2.17. The van der Waals surface area contributed by atoms with Crippen LogP contribution in [0.3, 0.4) is 0 Å². The highest BCUT2D eigenvalue weighted by molar-refractivity contribution is 5.86. The molecule has 0 spiro atoms. The number of amides is 1. The highest BCUT2D eigenvalue weighted by Crippen LogP contribution is 2.24. The maximum Gasteiger partial charge on any atom is 0.417 e. The van der Waals surface area contributed by atoms with E-state index in [-0.39, 0.29) is 12.4 Å². The van der Waals surface area contributed by atoms with Crippen molar-refractivity contribution in [3.63, 3.8) is 0 Å². The minimum atomic E-state index is -0.560. The first-order valence-corrected chi connectivity index (χ1v) is 9.81. The molecule has 3 rings (SSSR count). The van der Waals surface area contributed by atoms with E-state index in [1.165, 1.54) is 6.20 Å². The third-order valence-corrected chi connectivity index (χ3v) is 4.24. The molecule has 0 aliphatic heterocycles. The number of hydrogen-bond acceptors (Lipinski definition) is 7. The lowest BCUT2D eigenvalue weighted by atomic mass is 10.1. The first kappa shape index (κ1) is 21.8. The minimum absolute atomic E-state index is 0.272. The maximum atomic E-state index is 12.0. The molecule has 0 fully saturated rings. The molecule has 0 unspecified atom stereocenters. The second-order valence-corrected chi connectivity index (χ2v) is 6.90. The number of rotatable bonds is 7. The Morgan fingerprint density at radius 2 is 1.71 bits per heavy atom. The van der Waals surface area contributed by atoms with Gasteiger partial charge in [0.25, 0.3) is 0 Å². The molecule has 3 aromatic rings. The molecule has 0 radical (unpaired) electrons. The first-order valence-electron chi connectivity index (χ1n) is 9.81. The molecular formula is C23H24N4O4. The van der Waals surface area contributed by atoms with Crippen LogP contribution in [0.1, 0.15) is 24.7 Å². The first-order chi connectivity index (χ1) is 14.9. The van der Waals surface area contributed by atoms with E-state index < -0.39 is 6.09 Å². The van der Waals surface area contributed by atoms with E-state index in [9.17, 15) is 9.59 Å². The van der Waals surface area contributed by atoms with Crippen LogP contribution in [0, 0.1) is 0 Å². The number of benzene rings is 2. The van der Waals surface area contributed by atoms with Gasteiger partial charge in [0.05, 0.1) is 6.20 Å². The van der Waals surface area contributed by atoms with Crippen LogP contribution in [0.2, 0.25) is 0 Å². The van der Waals surface area contributed by atoms with Crippen LogP contribution in [-0.2, 0) is 11.2 Å². The Labute approximate surface area is 180 Å². The Balaban J connectivity index is 1.64. The molecule has 0 saturated carbocycles. The highest BCUT2D eigenvalue weighted by atomic mass is 16.6. The summed E-state index contributed by atoms with van der Waals surface area (Å²) in [5.74, 6) is 1.59. The van der Waals surface area contributed by atoms with Crippen molar-refractivity contribution in [2.75, 3.05) is 24.3 Å². The van der Waals surface area contributed by atoms with E-state index in [2.05, 4.69) is 15.3 Å². The zero-order valence-electron chi connectivity index (χ0n) is 17.7. The average Bonchev–Trinajstić information content (AvgIpc) is 2.76. The Hall–Kier alpha value is -3.94. The van der Waals surface area contributed by atoms with Gasteiger partial charge >= 0.3 is 12.1 Å². The average molecular weight is 420 g/mol. The molecule has 0 bridgehead atoms. The maximum absolute atomic E-state index is 12.0. The molecule has 0 atom stereocenters. The Bertz CT molecular complexity index is 1040. The smallest absolute Gasteiger partial charge is 0.417 e. The molecule has 0 aliphatic carbocycles. The monoisotopic (exact) mass is 420 g/mol. The van der Waals surface area contributed by atoms with E-state index in [4.69, 9.17) is 9.47 Å². The van der Waals surface area contributed by atoms with Crippen LogP contribution < -0.4 is 19.7 Å². The number of carbonyl (C=O) groups is 2. The van der Waals surface area contributed by atoms with Gasteiger partial charge in [0.15, 0.2) is 11.6 Å². The summed E-state index contributed by atoms with van der Waals surface area (Å²) in [6.45, 7) is 1.73. The van der Waals surface area contributed by atoms with E-state index >= 15 is 0 Å². The van der Waals surface area contributed by atoms with Crippen LogP contribution in [0.4, 0.5) is 16.3 Å². The number of ether oxygens (including phenoxy) is 2. The minimum Gasteiger partial charge on any atom is -0.421 e. The fraction of sp³-hybridized carbons (Fsp3) is 0.217. The lowest BCUT2D eigenvalue weighted by molar-refractivity contribution is -0.134. The number of hydrogen-bond donors (Lipinski definition) is 1. The second-order valence-electron chi connectivity index (χ2n) is 6.90. The van der Waals surface area contributed by atoms with Crippen LogP contribution in [-0.4, -0.2) is 36.1 Å². The van der Waals surface area contributed by atoms with Crippen molar-refractivity contribution in [3.05, 3.63) is 72.2 Å². The number of nitrogens with one attached hydrogen (secondary N) is 1. The van der Waals surface area contributed by atoms with Crippen molar-refractivity contribution in [1.82, 2.24) is 9.97 Å². The fourth-order valence-corrected chi connectivity index (χ4v) is 2.70. The number of nitrogens with zero attached hydrogens (tertiary/aromatic N) is 3. The third kappa shape index (κ3) is 6.27. The van der Waals surface area contributed by atoms with Gasteiger partial charge in [0.1, 0.15) is 11.6 Å². The van der Waals surface area contributed by atoms with Gasteiger partial charge in [-0.3, -0.25) is 10.1 Å². The summed E-state index contributed by atoms with van der Waals surface area (Å²) in [6.07, 6.45) is 1.71. The fourth-order valence-electron chi connectivity index (χ4n) is 2.70. The van der Waals surface area contributed by atoms with Crippen molar-refractivity contribution in [3.8, 4) is 11.5 Å². The molecule has 1 N–H and O–H groups in total. The molecule has 8 nitrogen and oxygen atoms in total. The quantitative estimate of drug-likeness (QED) is 0.576. The van der Waals surface area contributed by atoms with Gasteiger partial charge in [-0.2, -0.15) is 0 Å². The van der Waals surface area contributed by atoms with Crippen molar-refractivity contribution in [1.29, 1.82) is 0 Å². The highest BCUT2D eigenvalue weighted by Gasteiger charge is 2.14. The summed E-state index contributed by atoms with van der Waals surface area (Å²) < 4.78 is 10.5. The van der Waals surface area contributed by atoms with Crippen LogP contribution in [0.5, 0.6) is 11.5 Å². The van der Waals surface area contributed by atoms with Crippen LogP contribution >= 0.6 is 0 Å². The summed E-state index contributed by atoms with van der Waals surface area (Å²) >= 11 is 0. The summed E-state index contributed by atoms with van der Waals surface area (Å²) in [6, 6.07) is 16.2. The Morgan fingerprint density at radius 1 is 1.00 bits per heavy atom. The normalized spacial score (nSPS) is 10.3. The van der Waals surface area contributed by atoms with Crippen LogP contribution in [0.15, 0.2) is 60.8 Å². The van der Waals surface area contributed by atoms with Crippen molar-refractivity contribution in [2.45, 2.75) is 19.8 Å². The molecule has 8 heteroatoms. The third-order valence-electron chi connectivity index (χ3n) is 4.24. The van der Waals surface area contributed by atoms with Crippen molar-refractivity contribution < 1.29 is 19.1 Å². The number of esters is 1. The predicted molar refractivity (Wildman–Crippen MR) is 118 cm³/mol. The Kier molecular flexibility index (Phi) is 7.16. The van der Waals surface area contributed by atoms with Crippen molar-refractivity contribution in [2.24, 2.45) is 0 Å². The molecule has 1 aromatic heterocycles. The van der Waals surface area contributed by atoms with E-state index in [1.54, 1.807) is 48.2 Å². The molecular weight excluding hydrogens is 396 g/mol. The van der Waals surface area contributed by atoms with E-state index in [1.807, 2.05) is 32.3 Å². The predicted octanol–water partition coefficient (Wildman–Crippen LogP) is 4.06. The largest absolute Gasteiger partial charge is 0.421 e. The van der Waals surface area contributed by atoms with Gasteiger partial charge < -0.3 is 14.4 Å². The molecule has 2 aromatic carbocycles. The summed E-state index contributed by atoms with van der Waals surface area (Å²) in [7, 11) is 3.65. The molecule has 1 heterocycles. The zero-order valence-corrected chi connectivity index (χ0v) is 17.7. The molecule has 0 saturated heterocycles. The number of aromatic nitrogens is 2. The van der Waals surface area contributed by atoms with Gasteiger partial charge in [0.2, 0.25) is 0 Å². The summed E-state index contributed by atoms with van der Waals surface area (Å²) in [5, 5.41) is 2.69. The van der Waals surface area contributed by atoms with Gasteiger partial charge in [-0.05, 0) is 29.8 Å². The van der Waals surface area contributed by atoms with E-state index in [0.29, 0.717) is 35.2 Å². The molecule has 1 amide bonds. The lowest BCUT2D eigenvalue weighted by Gasteiger charge is -2.16. The SMILES string of the molecule is CCC(=O)Oc1cnc(Cc2ccc(NC(=O)Oc3ccccc3)cc2)nc1N(C)C. The summed E-state index contributed by atoms with van der Waals surface area (Å²) in [4.78, 5) is 34.2. The molecule has 31 heavy (non-hydrogen) atoms. The second kappa shape index (κ2) is 10.2. The van der Waals surface area contributed by atoms with Crippen LogP contribution in [0.25, 0.3) is 0 Å². The van der Waals surface area contributed by atoms with Gasteiger partial charge in [0, 0.05) is 32.6 Å². The van der Waals surface area contributed by atoms with Gasteiger partial charge in [-0.15, -0.1) is 0 Å². The topological polar surface area (TPSA) is 93.6 Å². The summed E-state index contributed by atoms with van der Waals surface area (Å²) in [5.41, 5.74) is 1.58. The standard InChI is InChI=1S/C23H24N4O4/c1-4-21(28)31-19-15-24-20(26-22(19)27(2)3)14-16-10-12-17(13-11-16)25-23(29)30-18-8-6-5-7-9-18/h5-13,15H,4,14H2,1-3H3,(H,25,29).